The number of carboxylic acids is 1. The zero-order chi connectivity index (χ0) is 22.1. The van der Waals surface area contributed by atoms with Crippen molar-refractivity contribution in [3.05, 3.63) is 57.4 Å². The van der Waals surface area contributed by atoms with Crippen LogP contribution in [0.3, 0.4) is 0 Å². The van der Waals surface area contributed by atoms with E-state index in [1.807, 2.05) is 44.4 Å². The summed E-state index contributed by atoms with van der Waals surface area (Å²) in [6.45, 7) is 7.70. The summed E-state index contributed by atoms with van der Waals surface area (Å²) >= 11 is 3.50. The third kappa shape index (κ3) is 4.33. The maximum atomic E-state index is 12.2. The molecule has 0 spiro atoms. The van der Waals surface area contributed by atoms with Gasteiger partial charge in [-0.15, -0.1) is 0 Å². The number of hydrogen-bond acceptors (Lipinski definition) is 5. The van der Waals surface area contributed by atoms with Crippen LogP contribution in [0, 0.1) is 13.8 Å². The van der Waals surface area contributed by atoms with E-state index in [0.717, 1.165) is 63.1 Å². The topological polar surface area (TPSA) is 81.7 Å². The molecule has 164 valence electrons. The van der Waals surface area contributed by atoms with Gasteiger partial charge in [0, 0.05) is 77.2 Å². The second-order valence-electron chi connectivity index (χ2n) is 8.03. The number of H-pyrrole nitrogens is 1. The van der Waals surface area contributed by atoms with Crippen molar-refractivity contribution in [1.29, 1.82) is 0 Å². The van der Waals surface area contributed by atoms with Crippen molar-refractivity contribution < 1.29 is 14.6 Å². The lowest BCUT2D eigenvalue weighted by atomic mass is 10.0. The van der Waals surface area contributed by atoms with E-state index in [-0.39, 0.29) is 0 Å². The van der Waals surface area contributed by atoms with Gasteiger partial charge >= 0.3 is 5.97 Å². The molecule has 1 aliphatic rings. The lowest BCUT2D eigenvalue weighted by Crippen LogP contribution is -2.49. The second kappa shape index (κ2) is 8.98. The number of nitrogens with one attached hydrogen (secondary N) is 1. The van der Waals surface area contributed by atoms with Gasteiger partial charge in [0.2, 0.25) is 0 Å². The molecule has 0 unspecified atom stereocenters. The molecule has 0 aliphatic carbocycles. The smallest absolute Gasteiger partial charge is 0.325 e. The van der Waals surface area contributed by atoms with E-state index in [9.17, 15) is 9.90 Å². The number of methoxy groups -OCH3 is 1. The van der Waals surface area contributed by atoms with E-state index < -0.39 is 12.0 Å². The van der Waals surface area contributed by atoms with Gasteiger partial charge in [-0.25, -0.2) is 0 Å². The molecule has 3 aromatic rings. The zero-order valence-electron chi connectivity index (χ0n) is 18.0. The molecule has 1 aromatic carbocycles. The number of piperazine rings is 1. The Kier molecular flexibility index (Phi) is 6.31. The number of carboxylic acid groups (broad SMARTS) is 1. The fourth-order valence-electron chi connectivity index (χ4n) is 4.45. The van der Waals surface area contributed by atoms with Crippen LogP contribution >= 0.6 is 15.9 Å². The Morgan fingerprint density at radius 3 is 2.71 bits per heavy atom. The number of benzene rings is 1. The van der Waals surface area contributed by atoms with Crippen molar-refractivity contribution in [2.75, 3.05) is 33.3 Å². The van der Waals surface area contributed by atoms with E-state index in [4.69, 9.17) is 4.74 Å². The standard InChI is InChI=1S/C23H27BrN4O3/c1-14-11-25-20(15(2)22(14)31-3)13-27-6-8-28(9-7-27)21(23(29)30)18-12-26-19-5-4-16(24)10-17(18)19/h4-5,10-12,21,26H,6-9,13H2,1-3H3,(H,29,30)/t21-/m0/s1. The molecular weight excluding hydrogens is 460 g/mol. The molecule has 3 heterocycles. The molecule has 31 heavy (non-hydrogen) atoms. The van der Waals surface area contributed by atoms with Gasteiger partial charge in [-0.05, 0) is 32.0 Å². The molecule has 1 saturated heterocycles. The van der Waals surface area contributed by atoms with Gasteiger partial charge in [0.15, 0.2) is 0 Å². The summed E-state index contributed by atoms with van der Waals surface area (Å²) in [5.74, 6) is 0.0650. The van der Waals surface area contributed by atoms with Gasteiger partial charge in [-0.3, -0.25) is 19.6 Å². The first-order chi connectivity index (χ1) is 14.9. The molecule has 7 nitrogen and oxygen atoms in total. The Morgan fingerprint density at radius 2 is 2.03 bits per heavy atom. The van der Waals surface area contributed by atoms with Crippen molar-refractivity contribution in [2.45, 2.75) is 26.4 Å². The number of aryl methyl sites for hydroxylation is 1. The summed E-state index contributed by atoms with van der Waals surface area (Å²) in [5, 5.41) is 11.0. The molecule has 0 radical (unpaired) electrons. The van der Waals surface area contributed by atoms with Gasteiger partial charge in [0.1, 0.15) is 11.8 Å². The van der Waals surface area contributed by atoms with Gasteiger partial charge in [-0.2, -0.15) is 0 Å². The first kappa shape index (κ1) is 21.8. The fraction of sp³-hybridized carbons (Fsp3) is 0.391. The number of aromatic amines is 1. The summed E-state index contributed by atoms with van der Waals surface area (Å²) in [6, 6.07) is 5.22. The molecule has 0 bridgehead atoms. The van der Waals surface area contributed by atoms with Crippen LogP contribution in [-0.4, -0.2) is 64.1 Å². The molecule has 1 atom stereocenters. The number of ether oxygens (including phenoxy) is 1. The third-order valence-corrected chi connectivity index (χ3v) is 6.59. The normalized spacial score (nSPS) is 16.5. The molecule has 2 N–H and O–H groups in total. The molecule has 4 rings (SSSR count). The number of pyridine rings is 1. The highest BCUT2D eigenvalue weighted by atomic mass is 79.9. The lowest BCUT2D eigenvalue weighted by molar-refractivity contribution is -0.144. The van der Waals surface area contributed by atoms with Crippen LogP contribution in [0.1, 0.15) is 28.4 Å². The Balaban J connectivity index is 1.49. The van der Waals surface area contributed by atoms with Crippen molar-refractivity contribution in [3.63, 3.8) is 0 Å². The van der Waals surface area contributed by atoms with Crippen molar-refractivity contribution in [1.82, 2.24) is 19.8 Å². The number of rotatable bonds is 6. The predicted octanol–water partition coefficient (Wildman–Crippen LogP) is 3.89. The van der Waals surface area contributed by atoms with Crippen LogP contribution in [0.15, 0.2) is 35.1 Å². The highest BCUT2D eigenvalue weighted by Gasteiger charge is 2.32. The van der Waals surface area contributed by atoms with E-state index in [1.54, 1.807) is 7.11 Å². The van der Waals surface area contributed by atoms with Crippen LogP contribution in [0.2, 0.25) is 0 Å². The van der Waals surface area contributed by atoms with E-state index in [2.05, 4.69) is 35.7 Å². The van der Waals surface area contributed by atoms with Gasteiger partial charge < -0.3 is 14.8 Å². The Hall–Kier alpha value is -2.42. The Bertz CT molecular complexity index is 1110. The molecule has 8 heteroatoms. The summed E-state index contributed by atoms with van der Waals surface area (Å²) in [5.41, 5.74) is 4.85. The maximum Gasteiger partial charge on any atom is 0.325 e. The predicted molar refractivity (Wildman–Crippen MR) is 123 cm³/mol. The Labute approximate surface area is 190 Å². The van der Waals surface area contributed by atoms with E-state index in [1.165, 1.54) is 0 Å². The number of aliphatic carboxylic acids is 1. The number of halogens is 1. The first-order valence-corrected chi connectivity index (χ1v) is 11.1. The highest BCUT2D eigenvalue weighted by molar-refractivity contribution is 9.10. The monoisotopic (exact) mass is 486 g/mol. The summed E-state index contributed by atoms with van der Waals surface area (Å²) in [7, 11) is 1.69. The number of carbonyl (C=O) groups is 1. The molecule has 0 amide bonds. The minimum Gasteiger partial charge on any atom is -0.496 e. The zero-order valence-corrected chi connectivity index (χ0v) is 19.6. The van der Waals surface area contributed by atoms with E-state index in [0.29, 0.717) is 13.1 Å². The van der Waals surface area contributed by atoms with Crippen LogP contribution in [0.4, 0.5) is 0 Å². The Morgan fingerprint density at radius 1 is 1.29 bits per heavy atom. The summed E-state index contributed by atoms with van der Waals surface area (Å²) in [6.07, 6.45) is 3.68. The van der Waals surface area contributed by atoms with Crippen molar-refractivity contribution in [2.24, 2.45) is 0 Å². The lowest BCUT2D eigenvalue weighted by Gasteiger charge is -2.37. The fourth-order valence-corrected chi connectivity index (χ4v) is 4.81. The third-order valence-electron chi connectivity index (χ3n) is 6.10. The quantitative estimate of drug-likeness (QED) is 0.549. The SMILES string of the molecule is COc1c(C)cnc(CN2CCN([C@H](C(=O)O)c3c[nH]c4ccc(Br)cc34)CC2)c1C. The van der Waals surface area contributed by atoms with Gasteiger partial charge in [0.05, 0.1) is 12.8 Å². The minimum atomic E-state index is -0.824. The summed E-state index contributed by atoms with van der Waals surface area (Å²) < 4.78 is 6.46. The molecule has 0 saturated carbocycles. The molecular formula is C23H27BrN4O3. The number of hydrogen-bond donors (Lipinski definition) is 2. The largest absolute Gasteiger partial charge is 0.496 e. The maximum absolute atomic E-state index is 12.2. The number of aromatic nitrogens is 2. The van der Waals surface area contributed by atoms with Crippen LogP contribution in [-0.2, 0) is 11.3 Å². The first-order valence-electron chi connectivity index (χ1n) is 10.3. The average molecular weight is 487 g/mol. The second-order valence-corrected chi connectivity index (χ2v) is 8.95. The number of nitrogens with zero attached hydrogens (tertiary/aromatic N) is 3. The minimum absolute atomic E-state index is 0.676. The van der Waals surface area contributed by atoms with Crippen LogP contribution in [0.5, 0.6) is 5.75 Å². The van der Waals surface area contributed by atoms with Gasteiger partial charge in [-0.1, -0.05) is 15.9 Å². The highest BCUT2D eigenvalue weighted by Crippen LogP contribution is 2.32. The molecule has 1 fully saturated rings. The summed E-state index contributed by atoms with van der Waals surface area (Å²) in [4.78, 5) is 24.4. The molecule has 1 aliphatic heterocycles. The average Bonchev–Trinajstić information content (AvgIpc) is 3.14. The van der Waals surface area contributed by atoms with E-state index >= 15 is 0 Å². The van der Waals surface area contributed by atoms with Crippen molar-refractivity contribution in [3.8, 4) is 5.75 Å². The number of fused-ring (bicyclic) bond motifs is 1. The van der Waals surface area contributed by atoms with Gasteiger partial charge in [0.25, 0.3) is 0 Å². The van der Waals surface area contributed by atoms with Crippen molar-refractivity contribution >= 4 is 32.8 Å². The van der Waals surface area contributed by atoms with Crippen LogP contribution < -0.4 is 4.74 Å². The molecule has 2 aromatic heterocycles. The van der Waals surface area contributed by atoms with Crippen LogP contribution in [0.25, 0.3) is 10.9 Å².